The van der Waals surface area contributed by atoms with Gasteiger partial charge < -0.3 is 4.90 Å². The number of hydrogen-bond acceptors (Lipinski definition) is 1. The first-order valence-electron chi connectivity index (χ1n) is 5.61. The first kappa shape index (κ1) is 13.5. The normalized spacial score (nSPS) is 11.5. The molecule has 0 atom stereocenters. The second-order valence-electron chi connectivity index (χ2n) is 5.26. The Morgan fingerprint density at radius 3 is 2.21 bits per heavy atom. The van der Waals surface area contributed by atoms with Crippen LogP contribution in [0.25, 0.3) is 0 Å². The van der Waals surface area contributed by atoms with Crippen molar-refractivity contribution in [3.8, 4) is 0 Å². The van der Waals surface area contributed by atoms with Gasteiger partial charge in [0.05, 0.1) is 0 Å². The van der Waals surface area contributed by atoms with E-state index in [1.807, 2.05) is 11.9 Å². The van der Waals surface area contributed by atoms with Gasteiger partial charge in [-0.1, -0.05) is 40.5 Å². The summed E-state index contributed by atoms with van der Waals surface area (Å²) in [6, 6.07) is 0. The van der Waals surface area contributed by atoms with Crippen LogP contribution in [0.1, 0.15) is 53.4 Å². The van der Waals surface area contributed by atoms with Crippen molar-refractivity contribution in [2.24, 2.45) is 5.41 Å². The molecule has 0 aromatic carbocycles. The molecule has 14 heavy (non-hydrogen) atoms. The van der Waals surface area contributed by atoms with Crippen LogP contribution in [0.2, 0.25) is 0 Å². The second-order valence-corrected chi connectivity index (χ2v) is 5.26. The maximum Gasteiger partial charge on any atom is 0.222 e. The number of carbonyl (C=O) groups excluding carboxylic acids is 1. The van der Waals surface area contributed by atoms with E-state index in [2.05, 4.69) is 27.7 Å². The molecular formula is C12H25NO. The number of rotatable bonds is 5. The van der Waals surface area contributed by atoms with Crippen molar-refractivity contribution >= 4 is 5.91 Å². The molecule has 0 aliphatic heterocycles. The fourth-order valence-corrected chi connectivity index (χ4v) is 1.31. The van der Waals surface area contributed by atoms with Gasteiger partial charge >= 0.3 is 0 Å². The van der Waals surface area contributed by atoms with E-state index in [9.17, 15) is 4.79 Å². The van der Waals surface area contributed by atoms with E-state index < -0.39 is 0 Å². The Morgan fingerprint density at radius 1 is 1.21 bits per heavy atom. The lowest BCUT2D eigenvalue weighted by Crippen LogP contribution is -2.30. The number of amides is 1. The van der Waals surface area contributed by atoms with Gasteiger partial charge in [0.25, 0.3) is 0 Å². The quantitative estimate of drug-likeness (QED) is 0.623. The molecule has 0 saturated carbocycles. The molecule has 0 rings (SSSR count). The molecule has 0 radical (unpaired) electrons. The van der Waals surface area contributed by atoms with Crippen LogP contribution in [-0.2, 0) is 4.79 Å². The minimum absolute atomic E-state index is 0.107. The van der Waals surface area contributed by atoms with Gasteiger partial charge in [-0.2, -0.15) is 0 Å². The number of nitrogens with zero attached hydrogens (tertiary/aromatic N) is 1. The summed E-state index contributed by atoms with van der Waals surface area (Å²) in [4.78, 5) is 13.5. The summed E-state index contributed by atoms with van der Waals surface area (Å²) < 4.78 is 0. The Labute approximate surface area is 88.7 Å². The van der Waals surface area contributed by atoms with Crippen LogP contribution in [0.15, 0.2) is 0 Å². The smallest absolute Gasteiger partial charge is 0.222 e. The lowest BCUT2D eigenvalue weighted by atomic mass is 9.91. The van der Waals surface area contributed by atoms with Crippen LogP contribution < -0.4 is 0 Å². The maximum atomic E-state index is 11.7. The Balaban J connectivity index is 3.77. The molecule has 0 aromatic rings. The molecule has 0 spiro atoms. The van der Waals surface area contributed by atoms with E-state index in [0.717, 1.165) is 13.0 Å². The first-order valence-corrected chi connectivity index (χ1v) is 5.61. The Kier molecular flexibility index (Phi) is 5.82. The molecule has 0 aliphatic rings. The van der Waals surface area contributed by atoms with E-state index in [4.69, 9.17) is 0 Å². The number of carbonyl (C=O) groups is 1. The molecule has 2 heteroatoms. The van der Waals surface area contributed by atoms with E-state index in [-0.39, 0.29) is 11.3 Å². The van der Waals surface area contributed by atoms with Crippen LogP contribution in [-0.4, -0.2) is 24.4 Å². The molecule has 1 amide bonds. The van der Waals surface area contributed by atoms with Crippen molar-refractivity contribution in [3.05, 3.63) is 0 Å². The van der Waals surface area contributed by atoms with E-state index in [1.165, 1.54) is 12.8 Å². The largest absolute Gasteiger partial charge is 0.346 e. The highest BCUT2D eigenvalue weighted by Crippen LogP contribution is 2.19. The van der Waals surface area contributed by atoms with Crippen LogP contribution in [0.5, 0.6) is 0 Å². The molecule has 0 unspecified atom stereocenters. The zero-order valence-corrected chi connectivity index (χ0v) is 10.4. The van der Waals surface area contributed by atoms with Gasteiger partial charge in [0.2, 0.25) is 5.91 Å². The van der Waals surface area contributed by atoms with Crippen molar-refractivity contribution in [2.45, 2.75) is 53.4 Å². The molecular weight excluding hydrogens is 174 g/mol. The van der Waals surface area contributed by atoms with Gasteiger partial charge in [-0.25, -0.2) is 0 Å². The highest BCUT2D eigenvalue weighted by atomic mass is 16.2. The van der Waals surface area contributed by atoms with Crippen molar-refractivity contribution in [1.29, 1.82) is 0 Å². The Bertz CT molecular complexity index is 170. The summed E-state index contributed by atoms with van der Waals surface area (Å²) in [7, 11) is 1.91. The number of unbranched alkanes of at least 4 members (excludes halogenated alkanes) is 2. The van der Waals surface area contributed by atoms with E-state index in [0.29, 0.717) is 6.42 Å². The molecule has 0 fully saturated rings. The summed E-state index contributed by atoms with van der Waals surface area (Å²) in [6.07, 6.45) is 4.20. The summed E-state index contributed by atoms with van der Waals surface area (Å²) in [6.45, 7) is 9.39. The molecule has 0 N–H and O–H groups in total. The van der Waals surface area contributed by atoms with Gasteiger partial charge in [-0.3, -0.25) is 4.79 Å². The highest BCUT2D eigenvalue weighted by Gasteiger charge is 2.18. The predicted octanol–water partition coefficient (Wildman–Crippen LogP) is 3.07. The Hall–Kier alpha value is -0.530. The lowest BCUT2D eigenvalue weighted by Gasteiger charge is -2.23. The van der Waals surface area contributed by atoms with E-state index in [1.54, 1.807) is 0 Å². The third-order valence-electron chi connectivity index (χ3n) is 2.20. The van der Waals surface area contributed by atoms with Crippen molar-refractivity contribution in [1.82, 2.24) is 4.90 Å². The zero-order chi connectivity index (χ0) is 11.2. The fourth-order valence-electron chi connectivity index (χ4n) is 1.31. The third-order valence-corrected chi connectivity index (χ3v) is 2.20. The average Bonchev–Trinajstić information content (AvgIpc) is 2.01. The highest BCUT2D eigenvalue weighted by molar-refractivity contribution is 5.76. The first-order chi connectivity index (χ1) is 6.37. The topological polar surface area (TPSA) is 20.3 Å². The summed E-state index contributed by atoms with van der Waals surface area (Å²) >= 11 is 0. The molecule has 0 heterocycles. The SMILES string of the molecule is CCCCCN(C)C(=O)CC(C)(C)C. The zero-order valence-electron chi connectivity index (χ0n) is 10.4. The van der Waals surface area contributed by atoms with Crippen molar-refractivity contribution in [3.63, 3.8) is 0 Å². The maximum absolute atomic E-state index is 11.7. The van der Waals surface area contributed by atoms with Crippen LogP contribution in [0.4, 0.5) is 0 Å². The van der Waals surface area contributed by atoms with Gasteiger partial charge in [-0.05, 0) is 11.8 Å². The lowest BCUT2D eigenvalue weighted by molar-refractivity contribution is -0.131. The fraction of sp³-hybridized carbons (Fsp3) is 0.917. The minimum Gasteiger partial charge on any atom is -0.346 e. The molecule has 0 aliphatic carbocycles. The Morgan fingerprint density at radius 2 is 1.79 bits per heavy atom. The van der Waals surface area contributed by atoms with Crippen LogP contribution in [0.3, 0.4) is 0 Å². The predicted molar refractivity (Wildman–Crippen MR) is 61.2 cm³/mol. The van der Waals surface area contributed by atoms with Crippen LogP contribution >= 0.6 is 0 Å². The summed E-state index contributed by atoms with van der Waals surface area (Å²) in [5.74, 6) is 0.272. The number of hydrogen-bond donors (Lipinski definition) is 0. The second kappa shape index (κ2) is 6.05. The third kappa shape index (κ3) is 6.93. The van der Waals surface area contributed by atoms with E-state index >= 15 is 0 Å². The molecule has 84 valence electrons. The van der Waals surface area contributed by atoms with Gasteiger partial charge in [-0.15, -0.1) is 0 Å². The minimum atomic E-state index is 0.107. The average molecular weight is 199 g/mol. The molecule has 2 nitrogen and oxygen atoms in total. The molecule has 0 bridgehead atoms. The monoisotopic (exact) mass is 199 g/mol. The van der Waals surface area contributed by atoms with Gasteiger partial charge in [0.1, 0.15) is 0 Å². The molecule has 0 saturated heterocycles. The van der Waals surface area contributed by atoms with Crippen molar-refractivity contribution in [2.75, 3.05) is 13.6 Å². The van der Waals surface area contributed by atoms with Crippen molar-refractivity contribution < 1.29 is 4.79 Å². The summed E-state index contributed by atoms with van der Waals surface area (Å²) in [5.41, 5.74) is 0.107. The molecule has 0 aromatic heterocycles. The van der Waals surface area contributed by atoms with Gasteiger partial charge in [0, 0.05) is 20.0 Å². The summed E-state index contributed by atoms with van der Waals surface area (Å²) in [5, 5.41) is 0. The van der Waals surface area contributed by atoms with Gasteiger partial charge in [0.15, 0.2) is 0 Å². The van der Waals surface area contributed by atoms with Crippen LogP contribution in [0, 0.1) is 5.41 Å². The standard InChI is InChI=1S/C12H25NO/c1-6-7-8-9-13(5)11(14)10-12(2,3)4/h6-10H2,1-5H3.